The summed E-state index contributed by atoms with van der Waals surface area (Å²) >= 11 is 1.66. The average molecular weight is 172 g/mol. The Morgan fingerprint density at radius 3 is 2.64 bits per heavy atom. The Bertz CT molecular complexity index is 210. The number of aliphatic imine (C=N–C) groups is 1. The van der Waals surface area contributed by atoms with E-state index in [0.717, 1.165) is 11.6 Å². The Morgan fingerprint density at radius 1 is 1.64 bits per heavy atom. The van der Waals surface area contributed by atoms with Gasteiger partial charge >= 0.3 is 0 Å². The molecular formula is C7H12N2OS. The van der Waals surface area contributed by atoms with Gasteiger partial charge in [-0.15, -0.1) is 0 Å². The normalized spacial score (nSPS) is 21.4. The number of hydrogen-bond donors (Lipinski definition) is 1. The molecule has 11 heavy (non-hydrogen) atoms. The molecule has 1 aliphatic heterocycles. The van der Waals surface area contributed by atoms with Crippen molar-refractivity contribution in [1.29, 1.82) is 0 Å². The molecule has 0 saturated carbocycles. The first kappa shape index (κ1) is 8.59. The molecule has 0 bridgehead atoms. The molecule has 4 heteroatoms. The van der Waals surface area contributed by atoms with Crippen LogP contribution in [0.4, 0.5) is 0 Å². The molecule has 1 heterocycles. The Morgan fingerprint density at radius 2 is 2.27 bits per heavy atom. The van der Waals surface area contributed by atoms with Crippen LogP contribution in [0.3, 0.4) is 0 Å². The smallest absolute Gasteiger partial charge is 0.252 e. The van der Waals surface area contributed by atoms with E-state index in [-0.39, 0.29) is 5.91 Å². The van der Waals surface area contributed by atoms with Crippen LogP contribution in [-0.2, 0) is 4.79 Å². The Balaban J connectivity index is 2.68. The molecule has 0 unspecified atom stereocenters. The summed E-state index contributed by atoms with van der Waals surface area (Å²) < 4.78 is 0. The van der Waals surface area contributed by atoms with Crippen LogP contribution in [0.2, 0.25) is 0 Å². The molecule has 0 fully saturated rings. The second-order valence-corrected chi connectivity index (χ2v) is 3.87. The summed E-state index contributed by atoms with van der Waals surface area (Å²) in [5.41, 5.74) is -0.551. The third-order valence-corrected chi connectivity index (χ3v) is 2.07. The number of nitrogens with one attached hydrogen (secondary N) is 1. The Labute approximate surface area is 70.7 Å². The maximum atomic E-state index is 11.1. The molecule has 3 nitrogen and oxygen atoms in total. The first-order valence-electron chi connectivity index (χ1n) is 3.45. The fraction of sp³-hybridized carbons (Fsp3) is 0.714. The highest BCUT2D eigenvalue weighted by Crippen LogP contribution is 2.15. The van der Waals surface area contributed by atoms with Crippen LogP contribution in [0.25, 0.3) is 0 Å². The summed E-state index contributed by atoms with van der Waals surface area (Å²) in [5.74, 6) is 1.59. The summed E-state index contributed by atoms with van der Waals surface area (Å²) in [6.45, 7) is 3.63. The molecule has 1 rings (SSSR count). The summed E-state index contributed by atoms with van der Waals surface area (Å²) in [4.78, 5) is 15.4. The van der Waals surface area contributed by atoms with Crippen molar-refractivity contribution >= 4 is 23.5 Å². The summed E-state index contributed by atoms with van der Waals surface area (Å²) in [6, 6.07) is 0. The van der Waals surface area contributed by atoms with E-state index in [4.69, 9.17) is 0 Å². The van der Waals surface area contributed by atoms with E-state index in [1.54, 1.807) is 11.8 Å². The molecule has 0 spiro atoms. The topological polar surface area (TPSA) is 41.5 Å². The minimum absolute atomic E-state index is 0.00144. The molecule has 62 valence electrons. The summed E-state index contributed by atoms with van der Waals surface area (Å²) in [7, 11) is 0. The number of amides is 1. The van der Waals surface area contributed by atoms with Gasteiger partial charge in [-0.3, -0.25) is 9.79 Å². The van der Waals surface area contributed by atoms with E-state index in [2.05, 4.69) is 10.3 Å². The number of rotatable bonds is 2. The van der Waals surface area contributed by atoms with Gasteiger partial charge in [0.1, 0.15) is 11.4 Å². The quantitative estimate of drug-likeness (QED) is 0.664. The zero-order chi connectivity index (χ0) is 8.48. The zero-order valence-electron chi connectivity index (χ0n) is 6.97. The van der Waals surface area contributed by atoms with E-state index in [0.29, 0.717) is 0 Å². The van der Waals surface area contributed by atoms with Crippen LogP contribution in [0.1, 0.15) is 13.8 Å². The lowest BCUT2D eigenvalue weighted by atomic mass is 10.1. The molecule has 1 N–H and O–H groups in total. The van der Waals surface area contributed by atoms with Gasteiger partial charge in [-0.1, -0.05) is 0 Å². The van der Waals surface area contributed by atoms with Gasteiger partial charge in [0.25, 0.3) is 5.91 Å². The molecule has 0 saturated heterocycles. The van der Waals surface area contributed by atoms with E-state index in [1.165, 1.54) is 0 Å². The van der Waals surface area contributed by atoms with Gasteiger partial charge in [-0.2, -0.15) is 11.8 Å². The first-order chi connectivity index (χ1) is 5.06. The van der Waals surface area contributed by atoms with Crippen molar-refractivity contribution in [2.75, 3.05) is 12.0 Å². The van der Waals surface area contributed by atoms with Crippen LogP contribution >= 0.6 is 11.8 Å². The lowest BCUT2D eigenvalue weighted by molar-refractivity contribution is -0.122. The molecule has 0 atom stereocenters. The van der Waals surface area contributed by atoms with E-state index >= 15 is 0 Å². The number of carbonyl (C=O) groups is 1. The van der Waals surface area contributed by atoms with Gasteiger partial charge in [0.05, 0.1) is 5.75 Å². The Hall–Kier alpha value is -0.510. The largest absolute Gasteiger partial charge is 0.312 e. The standard InChI is InChI=1S/C7H12N2OS/c1-7(2)6(10)8-5(9-7)4-11-3/h4H2,1-3H3,(H,8,9,10). The third kappa shape index (κ3) is 1.74. The van der Waals surface area contributed by atoms with E-state index in [9.17, 15) is 4.79 Å². The van der Waals surface area contributed by atoms with Crippen molar-refractivity contribution in [2.45, 2.75) is 19.4 Å². The molecule has 0 radical (unpaired) electrons. The summed E-state index contributed by atoms with van der Waals surface area (Å²) in [6.07, 6.45) is 1.99. The first-order valence-corrected chi connectivity index (χ1v) is 4.85. The van der Waals surface area contributed by atoms with Crippen molar-refractivity contribution in [3.05, 3.63) is 0 Å². The average Bonchev–Trinajstić information content (AvgIpc) is 2.08. The zero-order valence-corrected chi connectivity index (χ0v) is 7.79. The number of thioether (sulfide) groups is 1. The molecule has 0 aliphatic carbocycles. The molecule has 1 amide bonds. The number of amidine groups is 1. The fourth-order valence-electron chi connectivity index (χ4n) is 0.905. The van der Waals surface area contributed by atoms with Gasteiger partial charge < -0.3 is 5.32 Å². The second kappa shape index (κ2) is 2.85. The number of nitrogens with zero attached hydrogens (tertiary/aromatic N) is 1. The number of hydrogen-bond acceptors (Lipinski definition) is 3. The van der Waals surface area contributed by atoms with Gasteiger partial charge in [0.2, 0.25) is 0 Å². The lowest BCUT2D eigenvalue weighted by Gasteiger charge is -2.07. The predicted octanol–water partition coefficient (Wildman–Crippen LogP) is 0.656. The predicted molar refractivity (Wildman–Crippen MR) is 48.0 cm³/mol. The fourth-order valence-corrected chi connectivity index (χ4v) is 1.32. The second-order valence-electron chi connectivity index (χ2n) is 3.00. The van der Waals surface area contributed by atoms with Crippen molar-refractivity contribution in [1.82, 2.24) is 5.32 Å². The molecule has 0 aromatic heterocycles. The lowest BCUT2D eigenvalue weighted by Crippen LogP contribution is -2.34. The van der Waals surface area contributed by atoms with Crippen molar-refractivity contribution in [2.24, 2.45) is 4.99 Å². The van der Waals surface area contributed by atoms with Gasteiger partial charge in [0.15, 0.2) is 0 Å². The molecule has 0 aromatic rings. The highest BCUT2D eigenvalue weighted by molar-refractivity contribution is 7.99. The van der Waals surface area contributed by atoms with Crippen LogP contribution in [-0.4, -0.2) is 29.3 Å². The maximum Gasteiger partial charge on any atom is 0.252 e. The van der Waals surface area contributed by atoms with E-state index < -0.39 is 5.54 Å². The SMILES string of the molecule is CSCC1=NC(C)(C)C(=O)N1. The van der Waals surface area contributed by atoms with Crippen LogP contribution in [0.15, 0.2) is 4.99 Å². The third-order valence-electron chi connectivity index (χ3n) is 1.51. The number of carbonyl (C=O) groups excluding carboxylic acids is 1. The van der Waals surface area contributed by atoms with Gasteiger partial charge in [0, 0.05) is 0 Å². The van der Waals surface area contributed by atoms with Crippen molar-refractivity contribution in [3.8, 4) is 0 Å². The van der Waals surface area contributed by atoms with Gasteiger partial charge in [-0.25, -0.2) is 0 Å². The molecule has 0 aromatic carbocycles. The van der Waals surface area contributed by atoms with Crippen LogP contribution in [0, 0.1) is 0 Å². The van der Waals surface area contributed by atoms with Crippen LogP contribution < -0.4 is 5.32 Å². The highest BCUT2D eigenvalue weighted by Gasteiger charge is 2.33. The van der Waals surface area contributed by atoms with Crippen molar-refractivity contribution < 1.29 is 4.79 Å². The molecular weight excluding hydrogens is 160 g/mol. The maximum absolute atomic E-state index is 11.1. The van der Waals surface area contributed by atoms with Crippen LogP contribution in [0.5, 0.6) is 0 Å². The molecule has 1 aliphatic rings. The van der Waals surface area contributed by atoms with Gasteiger partial charge in [-0.05, 0) is 20.1 Å². The minimum Gasteiger partial charge on any atom is -0.312 e. The van der Waals surface area contributed by atoms with Crippen molar-refractivity contribution in [3.63, 3.8) is 0 Å². The van der Waals surface area contributed by atoms with E-state index in [1.807, 2.05) is 20.1 Å². The minimum atomic E-state index is -0.551. The highest BCUT2D eigenvalue weighted by atomic mass is 32.2. The Kier molecular flexibility index (Phi) is 2.23. The summed E-state index contributed by atoms with van der Waals surface area (Å²) in [5, 5.41) is 2.74. The monoisotopic (exact) mass is 172 g/mol.